The maximum Gasteiger partial charge on any atom is 0.269 e. The average molecular weight is 520 g/mol. The van der Waals surface area contributed by atoms with Crippen LogP contribution in [0.1, 0.15) is 29.4 Å². The minimum Gasteiger partial charge on any atom is -0.393 e. The van der Waals surface area contributed by atoms with E-state index in [-0.39, 0.29) is 24.6 Å². The molecular weight excluding hydrogens is 493 g/mol. The Hall–Kier alpha value is -4.29. The number of amides is 1. The highest BCUT2D eigenvalue weighted by atomic mass is 32.1. The Bertz CT molecular complexity index is 1620. The number of carbonyl (C=O) groups excluding carboxylic acids is 1. The lowest BCUT2D eigenvalue weighted by Crippen LogP contribution is -2.32. The summed E-state index contributed by atoms with van der Waals surface area (Å²) >= 11 is 1.55. The van der Waals surface area contributed by atoms with Gasteiger partial charge in [0, 0.05) is 36.6 Å². The quantitative estimate of drug-likeness (QED) is 0.163. The van der Waals surface area contributed by atoms with E-state index < -0.39 is 5.91 Å². The number of pyridine rings is 2. The van der Waals surface area contributed by atoms with Crippen LogP contribution in [0.2, 0.25) is 0 Å². The number of aryl methyl sites for hydroxylation is 2. The van der Waals surface area contributed by atoms with Crippen LogP contribution in [0.25, 0.3) is 21.6 Å². The molecule has 12 heteroatoms. The smallest absolute Gasteiger partial charge is 0.269 e. The van der Waals surface area contributed by atoms with Gasteiger partial charge in [0.05, 0.1) is 41.2 Å². The molecule has 0 atom stereocenters. The van der Waals surface area contributed by atoms with Gasteiger partial charge in [-0.15, -0.1) is 11.3 Å². The molecule has 190 valence electrons. The number of halogens is 1. The van der Waals surface area contributed by atoms with Crippen LogP contribution in [0.4, 0.5) is 4.39 Å². The van der Waals surface area contributed by atoms with E-state index in [4.69, 9.17) is 16.6 Å². The molecule has 0 aliphatic carbocycles. The second kappa shape index (κ2) is 9.99. The maximum absolute atomic E-state index is 14.5. The summed E-state index contributed by atoms with van der Waals surface area (Å²) in [7, 11) is 0. The van der Waals surface area contributed by atoms with Crippen LogP contribution in [-0.2, 0) is 24.3 Å². The second-order valence-electron chi connectivity index (χ2n) is 8.64. The number of nitrogens with two attached hydrogens (primary N) is 2. The number of nitrogens with zero attached hydrogens (tertiary/aromatic N) is 6. The van der Waals surface area contributed by atoms with Gasteiger partial charge in [-0.25, -0.2) is 20.2 Å². The van der Waals surface area contributed by atoms with E-state index >= 15 is 0 Å². The molecular formula is C25H26FN9OS. The van der Waals surface area contributed by atoms with Crippen LogP contribution < -0.4 is 16.9 Å². The van der Waals surface area contributed by atoms with Crippen molar-refractivity contribution in [1.82, 2.24) is 34.1 Å². The zero-order chi connectivity index (χ0) is 26.1. The van der Waals surface area contributed by atoms with E-state index in [0.717, 1.165) is 22.5 Å². The van der Waals surface area contributed by atoms with Crippen LogP contribution in [-0.4, -0.2) is 34.7 Å². The fraction of sp³-hybridized carbons (Fsp3) is 0.200. The van der Waals surface area contributed by atoms with Crippen LogP contribution in [0.5, 0.6) is 0 Å². The van der Waals surface area contributed by atoms with Gasteiger partial charge < -0.3 is 24.9 Å². The molecule has 0 radical (unpaired) electrons. The first-order chi connectivity index (χ1) is 17.8. The van der Waals surface area contributed by atoms with Crippen LogP contribution in [0, 0.1) is 12.7 Å². The molecule has 5 N–H and O–H groups in total. The Morgan fingerprint density at radius 1 is 1.32 bits per heavy atom. The summed E-state index contributed by atoms with van der Waals surface area (Å²) in [5.41, 5.74) is 12.6. The predicted molar refractivity (Wildman–Crippen MR) is 139 cm³/mol. The number of fused-ring (bicyclic) bond motifs is 2. The Labute approximate surface area is 216 Å². The first-order valence-corrected chi connectivity index (χ1v) is 12.5. The zero-order valence-electron chi connectivity index (χ0n) is 20.3. The summed E-state index contributed by atoms with van der Waals surface area (Å²) in [5, 5.41) is 3.97. The molecule has 0 saturated carbocycles. The number of hydrogen-bond donors (Lipinski definition) is 3. The molecule has 0 fully saturated rings. The molecule has 0 saturated heterocycles. The molecule has 0 unspecified atom stereocenters. The first kappa shape index (κ1) is 24.4. The first-order valence-electron chi connectivity index (χ1n) is 11.6. The summed E-state index contributed by atoms with van der Waals surface area (Å²) in [4.78, 5) is 26.7. The largest absolute Gasteiger partial charge is 0.393 e. The molecule has 0 aliphatic rings. The van der Waals surface area contributed by atoms with Gasteiger partial charge in [-0.1, -0.05) is 6.92 Å². The molecule has 0 bridgehead atoms. The Morgan fingerprint density at radius 2 is 2.16 bits per heavy atom. The zero-order valence-corrected chi connectivity index (χ0v) is 21.2. The van der Waals surface area contributed by atoms with Crippen molar-refractivity contribution in [2.24, 2.45) is 11.6 Å². The van der Waals surface area contributed by atoms with Crippen molar-refractivity contribution in [1.29, 1.82) is 0 Å². The predicted octanol–water partition coefficient (Wildman–Crippen LogP) is 2.91. The molecule has 5 rings (SSSR count). The van der Waals surface area contributed by atoms with Crippen LogP contribution in [0.3, 0.4) is 0 Å². The van der Waals surface area contributed by atoms with Crippen molar-refractivity contribution in [3.8, 4) is 10.4 Å². The summed E-state index contributed by atoms with van der Waals surface area (Å²) in [5.74, 6) is 5.21. The van der Waals surface area contributed by atoms with Gasteiger partial charge in [0.1, 0.15) is 16.9 Å². The number of imidazole rings is 2. The lowest BCUT2D eigenvalue weighted by Gasteiger charge is -2.13. The highest BCUT2D eigenvalue weighted by Gasteiger charge is 2.15. The minimum atomic E-state index is -0.542. The SMILES string of the molecule is CCc1cc(-c2cncs2)c2nc(CN(N)/C=C(\N)C(=O)NCc3ncn4ccc(C)c(F)c34)cn2c1. The van der Waals surface area contributed by atoms with E-state index in [0.29, 0.717) is 22.5 Å². The van der Waals surface area contributed by atoms with Gasteiger partial charge in [0.2, 0.25) is 0 Å². The Balaban J connectivity index is 1.29. The summed E-state index contributed by atoms with van der Waals surface area (Å²) < 4.78 is 18.1. The average Bonchev–Trinajstić information content (AvgIpc) is 3.63. The van der Waals surface area contributed by atoms with Crippen molar-refractivity contribution in [2.45, 2.75) is 33.4 Å². The van der Waals surface area contributed by atoms with E-state index in [1.165, 1.54) is 23.1 Å². The lowest BCUT2D eigenvalue weighted by atomic mass is 10.1. The van der Waals surface area contributed by atoms with Gasteiger partial charge in [-0.05, 0) is 36.6 Å². The maximum atomic E-state index is 14.5. The number of aromatic nitrogens is 5. The molecule has 0 aliphatic heterocycles. The fourth-order valence-corrected chi connectivity index (χ4v) is 4.71. The van der Waals surface area contributed by atoms with Crippen molar-refractivity contribution < 1.29 is 9.18 Å². The second-order valence-corrected chi connectivity index (χ2v) is 9.53. The van der Waals surface area contributed by atoms with Crippen molar-refractivity contribution in [3.63, 3.8) is 0 Å². The van der Waals surface area contributed by atoms with Gasteiger partial charge in [0.15, 0.2) is 5.82 Å². The van der Waals surface area contributed by atoms with E-state index in [9.17, 15) is 9.18 Å². The van der Waals surface area contributed by atoms with E-state index in [2.05, 4.69) is 28.3 Å². The third-order valence-corrected chi connectivity index (χ3v) is 6.81. The molecule has 0 aromatic carbocycles. The highest BCUT2D eigenvalue weighted by Crippen LogP contribution is 2.29. The number of hydrazine groups is 1. The third-order valence-electron chi connectivity index (χ3n) is 6.00. The molecule has 5 aromatic rings. The monoisotopic (exact) mass is 519 g/mol. The fourth-order valence-electron chi connectivity index (χ4n) is 4.08. The van der Waals surface area contributed by atoms with Crippen molar-refractivity contribution >= 4 is 28.4 Å². The molecule has 1 amide bonds. The summed E-state index contributed by atoms with van der Waals surface area (Å²) in [6.07, 6.45) is 11.2. The van der Waals surface area contributed by atoms with E-state index in [1.807, 2.05) is 23.0 Å². The van der Waals surface area contributed by atoms with Gasteiger partial charge in [-0.2, -0.15) is 0 Å². The normalized spacial score (nSPS) is 11.9. The number of hydrogen-bond acceptors (Lipinski definition) is 8. The minimum absolute atomic E-state index is 0.0152. The lowest BCUT2D eigenvalue weighted by molar-refractivity contribution is -0.117. The number of carbonyl (C=O) groups is 1. The third kappa shape index (κ3) is 4.88. The van der Waals surface area contributed by atoms with Crippen LogP contribution in [0.15, 0.2) is 60.7 Å². The van der Waals surface area contributed by atoms with Gasteiger partial charge in [0.25, 0.3) is 5.91 Å². The molecule has 5 aromatic heterocycles. The van der Waals surface area contributed by atoms with Crippen molar-refractivity contribution in [2.75, 3.05) is 0 Å². The van der Waals surface area contributed by atoms with E-state index in [1.54, 1.807) is 40.4 Å². The number of thiazole rings is 1. The Kier molecular flexibility index (Phi) is 6.59. The molecule has 10 nitrogen and oxygen atoms in total. The van der Waals surface area contributed by atoms with Gasteiger partial charge in [-0.3, -0.25) is 9.78 Å². The standard InChI is InChI=1S/C25H26FN9OS/c1-3-16-6-18(21-8-29-14-37-21)24-32-17(10-34(24)9-16)11-35(28)12-19(27)25(36)30-7-20-23-22(26)15(2)4-5-33(23)13-31-20/h4-6,8-10,12-14H,3,7,11,27-28H2,1-2H3,(H,30,36)/b19-12-. The molecule has 0 spiro atoms. The molecule has 5 heterocycles. The van der Waals surface area contributed by atoms with Crippen molar-refractivity contribution in [3.05, 3.63) is 89.0 Å². The number of rotatable bonds is 8. The number of nitrogens with one attached hydrogen (secondary N) is 1. The van der Waals surface area contributed by atoms with Gasteiger partial charge >= 0.3 is 0 Å². The highest BCUT2D eigenvalue weighted by molar-refractivity contribution is 7.13. The molecule has 37 heavy (non-hydrogen) atoms. The Morgan fingerprint density at radius 3 is 2.92 bits per heavy atom. The summed E-state index contributed by atoms with van der Waals surface area (Å²) in [6, 6.07) is 3.79. The topological polar surface area (TPSA) is 132 Å². The summed E-state index contributed by atoms with van der Waals surface area (Å²) in [6.45, 7) is 4.02. The van der Waals surface area contributed by atoms with Crippen LogP contribution >= 0.6 is 11.3 Å².